The van der Waals surface area contributed by atoms with Crippen LogP contribution in [0.25, 0.3) is 0 Å². The van der Waals surface area contributed by atoms with Crippen molar-refractivity contribution in [3.8, 4) is 0 Å². The maximum absolute atomic E-state index is 12.9. The van der Waals surface area contributed by atoms with E-state index in [1.165, 1.54) is 6.07 Å². The van der Waals surface area contributed by atoms with Gasteiger partial charge < -0.3 is 10.4 Å². The molecular weight excluding hydrogens is 271 g/mol. The summed E-state index contributed by atoms with van der Waals surface area (Å²) in [5.41, 5.74) is -0.732. The molecular formula is C14H16F3NO2. The van der Waals surface area contributed by atoms with Crippen molar-refractivity contribution in [2.45, 2.75) is 25.4 Å². The number of carbonyl (C=O) groups is 1. The summed E-state index contributed by atoms with van der Waals surface area (Å²) < 4.78 is 38.6. The number of nitrogens with one attached hydrogen (secondary N) is 1. The maximum Gasteiger partial charge on any atom is 0.416 e. The van der Waals surface area contributed by atoms with Gasteiger partial charge >= 0.3 is 12.1 Å². The molecule has 1 aliphatic heterocycles. The van der Waals surface area contributed by atoms with Gasteiger partial charge in [0.05, 0.1) is 11.1 Å². The Hall–Kier alpha value is -1.56. The number of carboxylic acid groups (broad SMARTS) is 1. The summed E-state index contributed by atoms with van der Waals surface area (Å²) in [6, 6.07) is 3.14. The van der Waals surface area contributed by atoms with E-state index in [9.17, 15) is 18.0 Å². The standard InChI is InChI=1S/C14H16F3NO2/c1-8-7-18-3-2-12(8)9-4-10(13(19)20)6-11(5-9)14(15,16)17/h4-6,8,12,18H,2-3,7H2,1H3,(H,19,20)/t8-,12+/m0/s1. The van der Waals surface area contributed by atoms with E-state index in [1.54, 1.807) is 0 Å². The molecule has 3 nitrogen and oxygen atoms in total. The summed E-state index contributed by atoms with van der Waals surface area (Å²) in [7, 11) is 0. The summed E-state index contributed by atoms with van der Waals surface area (Å²) in [4.78, 5) is 11.0. The first-order valence-electron chi connectivity index (χ1n) is 6.45. The fourth-order valence-corrected chi connectivity index (χ4v) is 2.66. The van der Waals surface area contributed by atoms with Crippen LogP contribution in [-0.4, -0.2) is 24.2 Å². The Balaban J connectivity index is 2.46. The number of piperidine rings is 1. The molecule has 1 heterocycles. The monoisotopic (exact) mass is 287 g/mol. The SMILES string of the molecule is C[C@H]1CNCC[C@H]1c1cc(C(=O)O)cc(C(F)(F)F)c1. The van der Waals surface area contributed by atoms with Crippen molar-refractivity contribution in [3.63, 3.8) is 0 Å². The highest BCUT2D eigenvalue weighted by Crippen LogP contribution is 2.36. The van der Waals surface area contributed by atoms with Crippen LogP contribution in [0.5, 0.6) is 0 Å². The largest absolute Gasteiger partial charge is 0.478 e. The van der Waals surface area contributed by atoms with Gasteiger partial charge in [-0.05, 0) is 55.1 Å². The van der Waals surface area contributed by atoms with Gasteiger partial charge in [0.25, 0.3) is 0 Å². The summed E-state index contributed by atoms with van der Waals surface area (Å²) in [6.07, 6.45) is -3.82. The summed E-state index contributed by atoms with van der Waals surface area (Å²) in [5.74, 6) is -1.20. The van der Waals surface area contributed by atoms with Crippen LogP contribution in [0, 0.1) is 5.92 Å². The third kappa shape index (κ3) is 3.12. The molecule has 1 aromatic rings. The highest BCUT2D eigenvalue weighted by atomic mass is 19.4. The van der Waals surface area contributed by atoms with Crippen LogP contribution in [0.2, 0.25) is 0 Å². The number of aromatic carboxylic acids is 1. The highest BCUT2D eigenvalue weighted by molar-refractivity contribution is 5.88. The van der Waals surface area contributed by atoms with Gasteiger partial charge in [0.15, 0.2) is 0 Å². The third-order valence-corrected chi connectivity index (χ3v) is 3.74. The third-order valence-electron chi connectivity index (χ3n) is 3.74. The molecule has 1 fully saturated rings. The van der Waals surface area contributed by atoms with Gasteiger partial charge in [-0.15, -0.1) is 0 Å². The Bertz CT molecular complexity index is 514. The summed E-state index contributed by atoms with van der Waals surface area (Å²) >= 11 is 0. The molecule has 1 aliphatic rings. The fourth-order valence-electron chi connectivity index (χ4n) is 2.66. The molecule has 2 atom stereocenters. The second-order valence-corrected chi connectivity index (χ2v) is 5.22. The lowest BCUT2D eigenvalue weighted by Gasteiger charge is -2.30. The minimum absolute atomic E-state index is 0.0448. The predicted octanol–water partition coefficient (Wildman–Crippen LogP) is 3.12. The van der Waals surface area contributed by atoms with Crippen molar-refractivity contribution < 1.29 is 23.1 Å². The molecule has 0 radical (unpaired) electrons. The molecule has 0 amide bonds. The first-order chi connectivity index (χ1) is 9.29. The molecule has 1 saturated heterocycles. The molecule has 2 rings (SSSR count). The zero-order valence-corrected chi connectivity index (χ0v) is 11.0. The maximum atomic E-state index is 12.9. The molecule has 0 unspecified atom stereocenters. The van der Waals surface area contributed by atoms with Crippen LogP contribution in [0.15, 0.2) is 18.2 Å². The molecule has 0 aromatic heterocycles. The minimum atomic E-state index is -4.53. The highest BCUT2D eigenvalue weighted by Gasteiger charge is 2.33. The molecule has 20 heavy (non-hydrogen) atoms. The van der Waals surface area contributed by atoms with E-state index < -0.39 is 17.7 Å². The molecule has 110 valence electrons. The number of hydrogen-bond donors (Lipinski definition) is 2. The molecule has 1 aromatic carbocycles. The first-order valence-corrected chi connectivity index (χ1v) is 6.45. The van der Waals surface area contributed by atoms with E-state index in [-0.39, 0.29) is 17.4 Å². The van der Waals surface area contributed by atoms with E-state index >= 15 is 0 Å². The van der Waals surface area contributed by atoms with E-state index in [0.717, 1.165) is 19.2 Å². The molecule has 0 spiro atoms. The summed E-state index contributed by atoms with van der Waals surface area (Å²) in [6.45, 7) is 3.41. The topological polar surface area (TPSA) is 49.3 Å². The summed E-state index contributed by atoms with van der Waals surface area (Å²) in [5, 5.41) is 12.2. The zero-order valence-electron chi connectivity index (χ0n) is 11.0. The Morgan fingerprint density at radius 1 is 1.35 bits per heavy atom. The van der Waals surface area contributed by atoms with E-state index in [2.05, 4.69) is 5.32 Å². The molecule has 6 heteroatoms. The van der Waals surface area contributed by atoms with Crippen LogP contribution in [0.4, 0.5) is 13.2 Å². The van der Waals surface area contributed by atoms with Crippen LogP contribution >= 0.6 is 0 Å². The number of benzene rings is 1. The van der Waals surface area contributed by atoms with Crippen molar-refractivity contribution in [1.82, 2.24) is 5.32 Å². The van der Waals surface area contributed by atoms with Gasteiger partial charge in [0.1, 0.15) is 0 Å². The van der Waals surface area contributed by atoms with Crippen LogP contribution in [-0.2, 0) is 6.18 Å². The second-order valence-electron chi connectivity index (χ2n) is 5.22. The van der Waals surface area contributed by atoms with Crippen molar-refractivity contribution in [3.05, 3.63) is 34.9 Å². The lowest BCUT2D eigenvalue weighted by atomic mass is 9.81. The Labute approximate surface area is 114 Å². The van der Waals surface area contributed by atoms with Gasteiger partial charge in [0.2, 0.25) is 0 Å². The predicted molar refractivity (Wildman–Crippen MR) is 67.8 cm³/mol. The molecule has 0 saturated carbocycles. The number of hydrogen-bond acceptors (Lipinski definition) is 2. The Morgan fingerprint density at radius 2 is 2.05 bits per heavy atom. The minimum Gasteiger partial charge on any atom is -0.478 e. The van der Waals surface area contributed by atoms with Crippen molar-refractivity contribution in [2.24, 2.45) is 5.92 Å². The van der Waals surface area contributed by atoms with Crippen molar-refractivity contribution in [2.75, 3.05) is 13.1 Å². The Kier molecular flexibility index (Phi) is 4.04. The van der Waals surface area contributed by atoms with Crippen LogP contribution in [0.3, 0.4) is 0 Å². The van der Waals surface area contributed by atoms with E-state index in [0.29, 0.717) is 18.1 Å². The lowest BCUT2D eigenvalue weighted by Crippen LogP contribution is -2.34. The second kappa shape index (κ2) is 5.44. The van der Waals surface area contributed by atoms with Gasteiger partial charge in [-0.1, -0.05) is 6.92 Å². The fraction of sp³-hybridized carbons (Fsp3) is 0.500. The van der Waals surface area contributed by atoms with Crippen molar-refractivity contribution >= 4 is 5.97 Å². The lowest BCUT2D eigenvalue weighted by molar-refractivity contribution is -0.137. The molecule has 0 aliphatic carbocycles. The average Bonchev–Trinajstić information content (AvgIpc) is 2.37. The Morgan fingerprint density at radius 3 is 2.60 bits per heavy atom. The van der Waals surface area contributed by atoms with Crippen LogP contribution in [0.1, 0.15) is 40.7 Å². The van der Waals surface area contributed by atoms with Crippen LogP contribution < -0.4 is 5.32 Å². The number of alkyl halides is 3. The quantitative estimate of drug-likeness (QED) is 0.878. The average molecular weight is 287 g/mol. The normalized spacial score (nSPS) is 23.6. The van der Waals surface area contributed by atoms with Crippen molar-refractivity contribution in [1.29, 1.82) is 0 Å². The van der Waals surface area contributed by atoms with Gasteiger partial charge in [-0.25, -0.2) is 4.79 Å². The van der Waals surface area contributed by atoms with Gasteiger partial charge in [0, 0.05) is 0 Å². The number of rotatable bonds is 2. The van der Waals surface area contributed by atoms with Gasteiger partial charge in [-0.3, -0.25) is 0 Å². The van der Waals surface area contributed by atoms with E-state index in [4.69, 9.17) is 5.11 Å². The van der Waals surface area contributed by atoms with E-state index in [1.807, 2.05) is 6.92 Å². The number of halogens is 3. The number of carboxylic acids is 1. The molecule has 2 N–H and O–H groups in total. The first kappa shape index (κ1) is 14.8. The zero-order chi connectivity index (χ0) is 14.9. The molecule has 0 bridgehead atoms. The van der Waals surface area contributed by atoms with Gasteiger partial charge in [-0.2, -0.15) is 13.2 Å². The smallest absolute Gasteiger partial charge is 0.416 e.